The highest BCUT2D eigenvalue weighted by molar-refractivity contribution is 5.81. The van der Waals surface area contributed by atoms with Crippen LogP contribution in [-0.4, -0.2) is 30.3 Å². The number of methoxy groups -OCH3 is 2. The third-order valence-corrected chi connectivity index (χ3v) is 8.66. The second-order valence-electron chi connectivity index (χ2n) is 11.0. The van der Waals surface area contributed by atoms with Gasteiger partial charge in [0.15, 0.2) is 0 Å². The number of hydrogen-bond acceptors (Lipinski definition) is 4. The van der Waals surface area contributed by atoms with Gasteiger partial charge in [0.05, 0.1) is 26.4 Å². The number of aliphatic hydroxyl groups is 1. The van der Waals surface area contributed by atoms with Crippen molar-refractivity contribution in [2.75, 3.05) is 14.2 Å². The average Bonchev–Trinajstić information content (AvgIpc) is 3.27. The molecule has 2 atom stereocenters. The van der Waals surface area contributed by atoms with Gasteiger partial charge < -0.3 is 14.6 Å². The van der Waals surface area contributed by atoms with Crippen LogP contribution in [0.1, 0.15) is 28.3 Å². The molecule has 0 bridgehead atoms. The Morgan fingerprint density at radius 2 is 1.07 bits per heavy atom. The van der Waals surface area contributed by atoms with Crippen LogP contribution in [0.4, 0.5) is 0 Å². The van der Waals surface area contributed by atoms with E-state index in [-0.39, 0.29) is 6.04 Å². The molecule has 0 radical (unpaired) electrons. The van der Waals surface area contributed by atoms with Gasteiger partial charge in [-0.3, -0.25) is 4.90 Å². The number of ether oxygens (including phenoxy) is 2. The van der Waals surface area contributed by atoms with Crippen molar-refractivity contribution in [2.45, 2.75) is 31.7 Å². The van der Waals surface area contributed by atoms with E-state index in [1.165, 1.54) is 44.5 Å². The zero-order valence-corrected chi connectivity index (χ0v) is 23.4. The van der Waals surface area contributed by atoms with Crippen molar-refractivity contribution < 1.29 is 14.6 Å². The van der Waals surface area contributed by atoms with Crippen LogP contribution in [0.3, 0.4) is 0 Å². The fourth-order valence-electron chi connectivity index (χ4n) is 6.54. The highest BCUT2D eigenvalue weighted by atomic mass is 16.5. The summed E-state index contributed by atoms with van der Waals surface area (Å²) in [6.45, 7) is 1.53. The first-order valence-corrected chi connectivity index (χ1v) is 14.2. The fourth-order valence-corrected chi connectivity index (χ4v) is 6.54. The number of rotatable bonds is 5. The molecule has 1 N–H and O–H groups in total. The van der Waals surface area contributed by atoms with E-state index in [1.54, 1.807) is 14.2 Å². The van der Waals surface area contributed by atoms with Crippen LogP contribution in [0.25, 0.3) is 33.4 Å². The number of fused-ring (bicyclic) bond motifs is 4. The smallest absolute Gasteiger partial charge is 0.118 e. The summed E-state index contributed by atoms with van der Waals surface area (Å²) < 4.78 is 10.8. The Morgan fingerprint density at radius 3 is 1.59 bits per heavy atom. The van der Waals surface area contributed by atoms with Crippen molar-refractivity contribution >= 4 is 0 Å². The molecule has 5 aromatic rings. The van der Waals surface area contributed by atoms with E-state index in [0.717, 1.165) is 35.7 Å². The molecule has 204 valence electrons. The fraction of sp³-hybridized carbons (Fsp3) is 0.189. The topological polar surface area (TPSA) is 41.9 Å². The summed E-state index contributed by atoms with van der Waals surface area (Å²) in [4.78, 5) is 2.46. The minimum absolute atomic E-state index is 0.0347. The van der Waals surface area contributed by atoms with Gasteiger partial charge in [0.1, 0.15) is 11.5 Å². The Bertz CT molecular complexity index is 1610. The summed E-state index contributed by atoms with van der Waals surface area (Å²) >= 11 is 0. The summed E-state index contributed by atoms with van der Waals surface area (Å²) in [5, 5.41) is 11.3. The maximum atomic E-state index is 11.3. The van der Waals surface area contributed by atoms with Gasteiger partial charge in [0.2, 0.25) is 0 Å². The average molecular weight is 540 g/mol. The molecule has 7 rings (SSSR count). The molecule has 0 saturated heterocycles. The first kappa shape index (κ1) is 25.6. The van der Waals surface area contributed by atoms with Gasteiger partial charge in [-0.05, 0) is 92.0 Å². The van der Waals surface area contributed by atoms with E-state index in [2.05, 4.69) is 89.8 Å². The highest BCUT2D eigenvalue weighted by Crippen LogP contribution is 2.43. The molecule has 0 amide bonds. The summed E-state index contributed by atoms with van der Waals surface area (Å²) in [5.74, 6) is 1.70. The molecule has 0 saturated carbocycles. The van der Waals surface area contributed by atoms with Gasteiger partial charge >= 0.3 is 0 Å². The molecule has 1 aliphatic heterocycles. The first-order chi connectivity index (χ1) is 20.1. The highest BCUT2D eigenvalue weighted by Gasteiger charge is 2.37. The zero-order chi connectivity index (χ0) is 27.9. The molecule has 0 unspecified atom stereocenters. The molecule has 1 aliphatic carbocycles. The predicted octanol–water partition coefficient (Wildman–Crippen LogP) is 7.68. The number of nitrogens with zero attached hydrogens (tertiary/aromatic N) is 1. The van der Waals surface area contributed by atoms with E-state index in [4.69, 9.17) is 9.47 Å². The second kappa shape index (κ2) is 10.5. The van der Waals surface area contributed by atoms with Crippen LogP contribution in [0.5, 0.6) is 11.5 Å². The maximum absolute atomic E-state index is 11.3. The quantitative estimate of drug-likeness (QED) is 0.249. The van der Waals surface area contributed by atoms with Gasteiger partial charge in [-0.25, -0.2) is 0 Å². The molecular weight excluding hydrogens is 506 g/mol. The Balaban J connectivity index is 1.36. The van der Waals surface area contributed by atoms with Crippen molar-refractivity contribution in [3.05, 3.63) is 131 Å². The Morgan fingerprint density at radius 1 is 0.585 bits per heavy atom. The minimum atomic E-state index is -0.422. The Hall–Kier alpha value is -4.38. The molecule has 1 heterocycles. The molecule has 4 heteroatoms. The summed E-state index contributed by atoms with van der Waals surface area (Å²) in [7, 11) is 3.39. The monoisotopic (exact) mass is 539 g/mol. The first-order valence-electron chi connectivity index (χ1n) is 14.2. The molecular formula is C37H33NO3. The summed E-state index contributed by atoms with van der Waals surface area (Å²) in [6.07, 6.45) is 0.277. The van der Waals surface area contributed by atoms with Gasteiger partial charge in [0.25, 0.3) is 0 Å². The number of hydrogen-bond donors (Lipinski definition) is 1. The van der Waals surface area contributed by atoms with E-state index < -0.39 is 6.10 Å². The van der Waals surface area contributed by atoms with Crippen LogP contribution >= 0.6 is 0 Å². The Kier molecular flexibility index (Phi) is 6.58. The lowest BCUT2D eigenvalue weighted by Gasteiger charge is -2.31. The maximum Gasteiger partial charge on any atom is 0.118 e. The van der Waals surface area contributed by atoms with E-state index >= 15 is 0 Å². The molecule has 0 aromatic heterocycles. The lowest BCUT2D eigenvalue weighted by Crippen LogP contribution is -2.33. The van der Waals surface area contributed by atoms with E-state index in [1.807, 2.05) is 24.3 Å². The molecule has 0 spiro atoms. The van der Waals surface area contributed by atoms with Crippen LogP contribution < -0.4 is 9.47 Å². The van der Waals surface area contributed by atoms with Crippen molar-refractivity contribution in [1.29, 1.82) is 0 Å². The van der Waals surface area contributed by atoms with E-state index in [0.29, 0.717) is 6.42 Å². The molecule has 5 aromatic carbocycles. The lowest BCUT2D eigenvalue weighted by atomic mass is 9.90. The third kappa shape index (κ3) is 4.69. The minimum Gasteiger partial charge on any atom is -0.497 e. The summed E-state index contributed by atoms with van der Waals surface area (Å²) in [6, 6.07) is 38.6. The van der Waals surface area contributed by atoms with Crippen LogP contribution in [0.2, 0.25) is 0 Å². The van der Waals surface area contributed by atoms with Gasteiger partial charge in [-0.2, -0.15) is 0 Å². The summed E-state index contributed by atoms with van der Waals surface area (Å²) in [5.41, 5.74) is 12.2. The van der Waals surface area contributed by atoms with Crippen LogP contribution in [-0.2, 0) is 19.5 Å². The second-order valence-corrected chi connectivity index (χ2v) is 11.0. The van der Waals surface area contributed by atoms with Gasteiger partial charge in [-0.1, -0.05) is 72.8 Å². The zero-order valence-electron chi connectivity index (χ0n) is 23.4. The van der Waals surface area contributed by atoms with Crippen LogP contribution in [0, 0.1) is 0 Å². The van der Waals surface area contributed by atoms with Crippen molar-refractivity contribution in [3.8, 4) is 44.9 Å². The normalized spacial score (nSPS) is 17.7. The molecule has 0 fully saturated rings. The van der Waals surface area contributed by atoms with Gasteiger partial charge in [-0.15, -0.1) is 0 Å². The van der Waals surface area contributed by atoms with E-state index in [9.17, 15) is 5.11 Å². The van der Waals surface area contributed by atoms with Crippen molar-refractivity contribution in [3.63, 3.8) is 0 Å². The van der Waals surface area contributed by atoms with Crippen molar-refractivity contribution in [2.24, 2.45) is 0 Å². The largest absolute Gasteiger partial charge is 0.497 e. The SMILES string of the molecule is COc1ccc(-c2ccc3c(c2)-c2cc(-c4ccc(OC)cc4)ccc2CN([C@H]2c4ccccc4C[C@H]2O)C3)cc1. The van der Waals surface area contributed by atoms with Crippen LogP contribution in [0.15, 0.2) is 109 Å². The number of aliphatic hydroxyl groups excluding tert-OH is 1. The Labute approximate surface area is 241 Å². The molecule has 4 nitrogen and oxygen atoms in total. The number of benzene rings is 5. The lowest BCUT2D eigenvalue weighted by molar-refractivity contribution is 0.0519. The standard InChI is InChI=1S/C37H33NO3/c1-40-31-15-11-24(12-16-31)26-7-9-29-22-38(37-33-6-4-3-5-28(33)21-36(37)39)23-30-10-8-27(20-35(30)34(29)19-26)25-13-17-32(41-2)18-14-25/h3-20,36-37,39H,21-23H2,1-2H3/t36-,37+/m1/s1. The van der Waals surface area contributed by atoms with Crippen molar-refractivity contribution in [1.82, 2.24) is 4.90 Å². The predicted molar refractivity (Wildman–Crippen MR) is 164 cm³/mol. The van der Waals surface area contributed by atoms with Gasteiger partial charge in [0, 0.05) is 19.5 Å². The molecule has 41 heavy (non-hydrogen) atoms. The molecule has 2 aliphatic rings. The third-order valence-electron chi connectivity index (χ3n) is 8.66.